The Morgan fingerprint density at radius 1 is 1.09 bits per heavy atom. The summed E-state index contributed by atoms with van der Waals surface area (Å²) in [5.74, 6) is -0.0676. The first kappa shape index (κ1) is 13.5. The Balaban J connectivity index is 1.57. The molecule has 5 heteroatoms. The van der Waals surface area contributed by atoms with Crippen LogP contribution in [0.2, 0.25) is 0 Å². The van der Waals surface area contributed by atoms with E-state index >= 15 is 0 Å². The van der Waals surface area contributed by atoms with E-state index in [0.29, 0.717) is 0 Å². The second kappa shape index (κ2) is 5.53. The van der Waals surface area contributed by atoms with Crippen LogP contribution < -0.4 is 5.32 Å². The molecule has 0 saturated heterocycles. The van der Waals surface area contributed by atoms with Gasteiger partial charge in [0, 0.05) is 22.7 Å². The highest BCUT2D eigenvalue weighted by molar-refractivity contribution is 5.96. The maximum atomic E-state index is 12.3. The molecular weight excluding hydrogens is 288 g/mol. The first-order valence-electron chi connectivity index (χ1n) is 7.35. The highest BCUT2D eigenvalue weighted by Gasteiger charge is 2.08. The van der Waals surface area contributed by atoms with Gasteiger partial charge in [0.25, 0.3) is 0 Å². The van der Waals surface area contributed by atoms with E-state index in [2.05, 4.69) is 20.5 Å². The Morgan fingerprint density at radius 3 is 2.96 bits per heavy atom. The first-order chi connectivity index (χ1) is 11.3. The number of anilines is 1. The number of hydrogen-bond donors (Lipinski definition) is 2. The van der Waals surface area contributed by atoms with E-state index in [4.69, 9.17) is 0 Å². The fourth-order valence-corrected chi connectivity index (χ4v) is 2.70. The van der Waals surface area contributed by atoms with E-state index in [1.165, 1.54) is 0 Å². The summed E-state index contributed by atoms with van der Waals surface area (Å²) >= 11 is 0. The average molecular weight is 302 g/mol. The monoisotopic (exact) mass is 302 g/mol. The van der Waals surface area contributed by atoms with Crippen LogP contribution in [0.25, 0.3) is 21.8 Å². The largest absolute Gasteiger partial charge is 0.326 e. The molecule has 2 aromatic carbocycles. The van der Waals surface area contributed by atoms with Crippen LogP contribution in [0.5, 0.6) is 0 Å². The summed E-state index contributed by atoms with van der Waals surface area (Å²) < 4.78 is 0. The van der Waals surface area contributed by atoms with Gasteiger partial charge in [-0.05, 0) is 29.8 Å². The van der Waals surface area contributed by atoms with Gasteiger partial charge in [-0.1, -0.05) is 24.3 Å². The molecule has 0 fully saturated rings. The minimum absolute atomic E-state index is 0.0676. The third-order valence-electron chi connectivity index (χ3n) is 3.79. The molecule has 0 spiro atoms. The number of H-pyrrole nitrogens is 1. The molecule has 4 rings (SSSR count). The van der Waals surface area contributed by atoms with E-state index in [0.717, 1.165) is 33.1 Å². The van der Waals surface area contributed by atoms with Crippen molar-refractivity contribution in [2.75, 3.05) is 5.32 Å². The number of nitrogens with zero attached hydrogens (tertiary/aromatic N) is 2. The van der Waals surface area contributed by atoms with Crippen LogP contribution in [-0.4, -0.2) is 21.1 Å². The van der Waals surface area contributed by atoms with Gasteiger partial charge in [-0.15, -0.1) is 0 Å². The number of pyridine rings is 1. The van der Waals surface area contributed by atoms with E-state index in [9.17, 15) is 4.79 Å². The van der Waals surface area contributed by atoms with Crippen molar-refractivity contribution >= 4 is 33.4 Å². The lowest BCUT2D eigenvalue weighted by Crippen LogP contribution is -2.14. The van der Waals surface area contributed by atoms with Crippen molar-refractivity contribution in [2.45, 2.75) is 6.42 Å². The molecular formula is C18H14N4O. The van der Waals surface area contributed by atoms with Crippen LogP contribution in [0.1, 0.15) is 5.56 Å². The number of fused-ring (bicyclic) bond motifs is 2. The van der Waals surface area contributed by atoms with Gasteiger partial charge in [-0.3, -0.25) is 14.9 Å². The molecule has 4 aromatic rings. The second-order valence-electron chi connectivity index (χ2n) is 5.39. The van der Waals surface area contributed by atoms with Gasteiger partial charge < -0.3 is 5.32 Å². The van der Waals surface area contributed by atoms with E-state index < -0.39 is 0 Å². The van der Waals surface area contributed by atoms with Crippen molar-refractivity contribution in [3.63, 3.8) is 0 Å². The molecule has 23 heavy (non-hydrogen) atoms. The van der Waals surface area contributed by atoms with Gasteiger partial charge in [-0.2, -0.15) is 5.10 Å². The minimum atomic E-state index is -0.0676. The van der Waals surface area contributed by atoms with Crippen molar-refractivity contribution in [2.24, 2.45) is 0 Å². The lowest BCUT2D eigenvalue weighted by Gasteiger charge is -2.07. The Morgan fingerprint density at radius 2 is 2.00 bits per heavy atom. The van der Waals surface area contributed by atoms with Crippen molar-refractivity contribution in [3.8, 4) is 0 Å². The molecule has 0 saturated carbocycles. The van der Waals surface area contributed by atoms with Crippen LogP contribution >= 0.6 is 0 Å². The van der Waals surface area contributed by atoms with Crippen LogP contribution in [0.3, 0.4) is 0 Å². The lowest BCUT2D eigenvalue weighted by molar-refractivity contribution is -0.115. The Bertz CT molecular complexity index is 1000. The molecule has 5 nitrogen and oxygen atoms in total. The Labute approximate surface area is 132 Å². The van der Waals surface area contributed by atoms with Crippen molar-refractivity contribution < 1.29 is 4.79 Å². The molecule has 0 aliphatic carbocycles. The third kappa shape index (κ3) is 2.64. The zero-order chi connectivity index (χ0) is 15.6. The number of rotatable bonds is 3. The minimum Gasteiger partial charge on any atom is -0.326 e. The summed E-state index contributed by atoms with van der Waals surface area (Å²) in [6.07, 6.45) is 3.79. The fourth-order valence-electron chi connectivity index (χ4n) is 2.70. The summed E-state index contributed by atoms with van der Waals surface area (Å²) in [5, 5.41) is 11.8. The number of carbonyl (C=O) groups is 1. The maximum absolute atomic E-state index is 12.3. The number of amides is 1. The summed E-state index contributed by atoms with van der Waals surface area (Å²) in [5.41, 5.74) is 3.44. The Kier molecular flexibility index (Phi) is 3.24. The van der Waals surface area contributed by atoms with E-state index in [1.54, 1.807) is 12.4 Å². The van der Waals surface area contributed by atoms with E-state index in [1.807, 2.05) is 48.5 Å². The van der Waals surface area contributed by atoms with Gasteiger partial charge in [-0.25, -0.2) is 0 Å². The van der Waals surface area contributed by atoms with Gasteiger partial charge in [0.1, 0.15) is 0 Å². The van der Waals surface area contributed by atoms with E-state index in [-0.39, 0.29) is 12.3 Å². The number of benzene rings is 2. The zero-order valence-corrected chi connectivity index (χ0v) is 12.3. The van der Waals surface area contributed by atoms with Crippen LogP contribution in [-0.2, 0) is 11.2 Å². The normalized spacial score (nSPS) is 11.0. The SMILES string of the molecule is O=C(Cc1cccc2cccnc12)Nc1ccc2cn[nH]c2c1. The average Bonchev–Trinajstić information content (AvgIpc) is 3.03. The summed E-state index contributed by atoms with van der Waals surface area (Å²) in [6, 6.07) is 15.4. The van der Waals surface area contributed by atoms with Crippen LogP contribution in [0.4, 0.5) is 5.69 Å². The molecule has 2 N–H and O–H groups in total. The molecule has 0 bridgehead atoms. The smallest absolute Gasteiger partial charge is 0.228 e. The van der Waals surface area contributed by atoms with Gasteiger partial charge in [0.2, 0.25) is 5.91 Å². The number of para-hydroxylation sites is 1. The lowest BCUT2D eigenvalue weighted by atomic mass is 10.1. The molecule has 112 valence electrons. The van der Waals surface area contributed by atoms with Gasteiger partial charge in [0.05, 0.1) is 23.7 Å². The molecule has 2 heterocycles. The number of aromatic amines is 1. The molecule has 1 amide bonds. The standard InChI is InChI=1S/C18H14N4O/c23-17(21-15-7-6-14-11-20-22-16(14)10-15)9-13-4-1-3-12-5-2-8-19-18(12)13/h1-8,10-11H,9H2,(H,20,22)(H,21,23). The quantitative estimate of drug-likeness (QED) is 0.610. The number of hydrogen-bond acceptors (Lipinski definition) is 3. The summed E-state index contributed by atoms with van der Waals surface area (Å²) in [6.45, 7) is 0. The van der Waals surface area contributed by atoms with Crippen molar-refractivity contribution in [3.05, 3.63) is 66.5 Å². The summed E-state index contributed by atoms with van der Waals surface area (Å²) in [4.78, 5) is 16.7. The number of nitrogens with one attached hydrogen (secondary N) is 2. The third-order valence-corrected chi connectivity index (χ3v) is 3.79. The molecule has 0 aliphatic heterocycles. The van der Waals surface area contributed by atoms with Crippen LogP contribution in [0.15, 0.2) is 60.9 Å². The second-order valence-corrected chi connectivity index (χ2v) is 5.39. The molecule has 0 unspecified atom stereocenters. The van der Waals surface area contributed by atoms with Gasteiger partial charge in [0.15, 0.2) is 0 Å². The van der Waals surface area contributed by atoms with Gasteiger partial charge >= 0.3 is 0 Å². The number of carbonyl (C=O) groups excluding carboxylic acids is 1. The highest BCUT2D eigenvalue weighted by atomic mass is 16.1. The predicted molar refractivity (Wildman–Crippen MR) is 90.2 cm³/mol. The molecule has 0 aliphatic rings. The predicted octanol–water partition coefficient (Wildman–Crippen LogP) is 3.29. The van der Waals surface area contributed by atoms with Crippen molar-refractivity contribution in [1.29, 1.82) is 0 Å². The Hall–Kier alpha value is -3.21. The topological polar surface area (TPSA) is 70.7 Å². The maximum Gasteiger partial charge on any atom is 0.228 e. The fraction of sp³-hybridized carbons (Fsp3) is 0.0556. The summed E-state index contributed by atoms with van der Waals surface area (Å²) in [7, 11) is 0. The van der Waals surface area contributed by atoms with Crippen LogP contribution in [0, 0.1) is 0 Å². The first-order valence-corrected chi connectivity index (χ1v) is 7.35. The van der Waals surface area contributed by atoms with Crippen molar-refractivity contribution in [1.82, 2.24) is 15.2 Å². The highest BCUT2D eigenvalue weighted by Crippen LogP contribution is 2.19. The molecule has 0 atom stereocenters. The number of aromatic nitrogens is 3. The molecule has 2 aromatic heterocycles. The molecule has 0 radical (unpaired) electrons. The zero-order valence-electron chi connectivity index (χ0n) is 12.3.